The predicted molar refractivity (Wildman–Crippen MR) is 55.8 cm³/mol. The molecule has 0 fully saturated rings. The summed E-state index contributed by atoms with van der Waals surface area (Å²) in [7, 11) is 0. The molecule has 2 aromatic rings. The molecule has 1 aromatic carbocycles. The van der Waals surface area contributed by atoms with Gasteiger partial charge < -0.3 is 9.67 Å². The van der Waals surface area contributed by atoms with Crippen LogP contribution < -0.4 is 0 Å². The third-order valence-electron chi connectivity index (χ3n) is 2.40. The molecule has 0 aliphatic heterocycles. The third kappa shape index (κ3) is 2.12. The van der Waals surface area contributed by atoms with E-state index in [0.717, 1.165) is 5.56 Å². The van der Waals surface area contributed by atoms with Crippen molar-refractivity contribution in [1.82, 2.24) is 4.57 Å². The van der Waals surface area contributed by atoms with Crippen LogP contribution in [0.1, 0.15) is 11.1 Å². The molecule has 0 unspecified atom stereocenters. The van der Waals surface area contributed by atoms with E-state index in [9.17, 15) is 8.78 Å². The van der Waals surface area contributed by atoms with Crippen molar-refractivity contribution in [2.75, 3.05) is 0 Å². The molecular weight excluding hydrogens is 212 g/mol. The summed E-state index contributed by atoms with van der Waals surface area (Å²) in [6.45, 7) is 0.0469. The van der Waals surface area contributed by atoms with Crippen molar-refractivity contribution in [2.24, 2.45) is 0 Å². The Kier molecular flexibility index (Phi) is 3.01. The van der Waals surface area contributed by atoms with Crippen LogP contribution in [0.25, 0.3) is 0 Å². The minimum absolute atomic E-state index is 0.0302. The molecule has 0 atom stereocenters. The Bertz CT molecular complexity index is 473. The summed E-state index contributed by atoms with van der Waals surface area (Å²) < 4.78 is 28.3. The van der Waals surface area contributed by atoms with Crippen LogP contribution in [0, 0.1) is 11.6 Å². The van der Waals surface area contributed by atoms with Crippen LogP contribution in [-0.4, -0.2) is 9.67 Å². The number of hydrogen-bond acceptors (Lipinski definition) is 1. The molecule has 0 aliphatic rings. The summed E-state index contributed by atoms with van der Waals surface area (Å²) in [5.41, 5.74) is 0.749. The highest BCUT2D eigenvalue weighted by molar-refractivity contribution is 5.21. The number of nitrogens with zero attached hydrogens (tertiary/aromatic N) is 1. The zero-order valence-corrected chi connectivity index (χ0v) is 8.53. The fourth-order valence-corrected chi connectivity index (χ4v) is 1.55. The van der Waals surface area contributed by atoms with Gasteiger partial charge in [-0.2, -0.15) is 0 Å². The van der Waals surface area contributed by atoms with Gasteiger partial charge in [0, 0.05) is 18.0 Å². The maximum atomic E-state index is 13.3. The Labute approximate surface area is 91.8 Å². The molecule has 0 amide bonds. The molecule has 4 heteroatoms. The lowest BCUT2D eigenvalue weighted by atomic mass is 10.2. The SMILES string of the molecule is OCc1ccn(Cc2c(F)cccc2F)c1. The normalized spacial score (nSPS) is 10.7. The van der Waals surface area contributed by atoms with Crippen molar-refractivity contribution in [3.05, 3.63) is 59.4 Å². The van der Waals surface area contributed by atoms with Crippen LogP contribution in [0.2, 0.25) is 0 Å². The van der Waals surface area contributed by atoms with Crippen molar-refractivity contribution < 1.29 is 13.9 Å². The van der Waals surface area contributed by atoms with E-state index in [2.05, 4.69) is 0 Å². The Morgan fingerprint density at radius 1 is 1.12 bits per heavy atom. The first kappa shape index (κ1) is 10.8. The first-order valence-corrected chi connectivity index (χ1v) is 4.89. The van der Waals surface area contributed by atoms with E-state index in [1.807, 2.05) is 0 Å². The van der Waals surface area contributed by atoms with Gasteiger partial charge in [0.1, 0.15) is 11.6 Å². The largest absolute Gasteiger partial charge is 0.392 e. The Morgan fingerprint density at radius 3 is 2.38 bits per heavy atom. The monoisotopic (exact) mass is 223 g/mol. The van der Waals surface area contributed by atoms with Gasteiger partial charge in [-0.3, -0.25) is 0 Å². The standard InChI is InChI=1S/C12H11F2NO/c13-11-2-1-3-12(14)10(11)7-15-5-4-9(6-15)8-16/h1-6,16H,7-8H2. The average Bonchev–Trinajstić information content (AvgIpc) is 2.71. The fourth-order valence-electron chi connectivity index (χ4n) is 1.55. The fraction of sp³-hybridized carbons (Fsp3) is 0.167. The average molecular weight is 223 g/mol. The molecule has 2 rings (SSSR count). The highest BCUT2D eigenvalue weighted by Gasteiger charge is 2.08. The van der Waals surface area contributed by atoms with E-state index in [1.54, 1.807) is 23.0 Å². The maximum Gasteiger partial charge on any atom is 0.131 e. The zero-order valence-electron chi connectivity index (χ0n) is 8.53. The lowest BCUT2D eigenvalue weighted by Crippen LogP contribution is -2.02. The van der Waals surface area contributed by atoms with E-state index in [4.69, 9.17) is 5.11 Å². The number of rotatable bonds is 3. The molecule has 0 saturated carbocycles. The summed E-state index contributed by atoms with van der Waals surface area (Å²) in [5, 5.41) is 8.86. The number of aliphatic hydroxyl groups excluding tert-OH is 1. The van der Waals surface area contributed by atoms with Gasteiger partial charge in [0.2, 0.25) is 0 Å². The van der Waals surface area contributed by atoms with Crippen molar-refractivity contribution in [1.29, 1.82) is 0 Å². The van der Waals surface area contributed by atoms with Crippen LogP contribution in [0.15, 0.2) is 36.7 Å². The molecule has 0 bridgehead atoms. The van der Waals surface area contributed by atoms with Crippen LogP contribution in [0.3, 0.4) is 0 Å². The lowest BCUT2D eigenvalue weighted by molar-refractivity contribution is 0.281. The van der Waals surface area contributed by atoms with Gasteiger partial charge in [-0.15, -0.1) is 0 Å². The van der Waals surface area contributed by atoms with E-state index in [0.29, 0.717) is 0 Å². The lowest BCUT2D eigenvalue weighted by Gasteiger charge is -2.05. The molecule has 0 radical (unpaired) electrons. The minimum atomic E-state index is -0.556. The molecule has 1 N–H and O–H groups in total. The summed E-state index contributed by atoms with van der Waals surface area (Å²) in [5.74, 6) is -1.11. The summed E-state index contributed by atoms with van der Waals surface area (Å²) in [4.78, 5) is 0. The zero-order chi connectivity index (χ0) is 11.5. The second kappa shape index (κ2) is 4.45. The van der Waals surface area contributed by atoms with Crippen molar-refractivity contribution in [3.63, 3.8) is 0 Å². The van der Waals surface area contributed by atoms with Crippen LogP contribution in [0.5, 0.6) is 0 Å². The van der Waals surface area contributed by atoms with Crippen LogP contribution >= 0.6 is 0 Å². The van der Waals surface area contributed by atoms with Gasteiger partial charge in [-0.1, -0.05) is 6.07 Å². The van der Waals surface area contributed by atoms with Gasteiger partial charge in [-0.05, 0) is 23.8 Å². The smallest absolute Gasteiger partial charge is 0.131 e. The molecule has 0 spiro atoms. The van der Waals surface area contributed by atoms with E-state index < -0.39 is 11.6 Å². The van der Waals surface area contributed by atoms with Gasteiger partial charge in [0.25, 0.3) is 0 Å². The number of benzene rings is 1. The molecule has 1 aromatic heterocycles. The molecule has 84 valence electrons. The molecular formula is C12H11F2NO. The molecule has 2 nitrogen and oxygen atoms in total. The highest BCUT2D eigenvalue weighted by Crippen LogP contribution is 2.14. The number of aliphatic hydroxyl groups is 1. The van der Waals surface area contributed by atoms with Gasteiger partial charge in [0.15, 0.2) is 0 Å². The third-order valence-corrected chi connectivity index (χ3v) is 2.40. The molecule has 1 heterocycles. The van der Waals surface area contributed by atoms with Gasteiger partial charge in [0.05, 0.1) is 13.2 Å². The van der Waals surface area contributed by atoms with Crippen molar-refractivity contribution in [3.8, 4) is 0 Å². The number of halogens is 2. The topological polar surface area (TPSA) is 25.2 Å². The summed E-state index contributed by atoms with van der Waals surface area (Å²) in [6, 6.07) is 5.51. The molecule has 0 aliphatic carbocycles. The van der Waals surface area contributed by atoms with Crippen molar-refractivity contribution in [2.45, 2.75) is 13.2 Å². The minimum Gasteiger partial charge on any atom is -0.392 e. The Hall–Kier alpha value is -1.68. The van der Waals surface area contributed by atoms with Gasteiger partial charge in [-0.25, -0.2) is 8.78 Å². The summed E-state index contributed by atoms with van der Waals surface area (Å²) in [6.07, 6.45) is 3.34. The van der Waals surface area contributed by atoms with E-state index in [-0.39, 0.29) is 18.7 Å². The first-order chi connectivity index (χ1) is 7.70. The van der Waals surface area contributed by atoms with Gasteiger partial charge >= 0.3 is 0 Å². The first-order valence-electron chi connectivity index (χ1n) is 4.89. The Balaban J connectivity index is 2.26. The second-order valence-corrected chi connectivity index (χ2v) is 3.55. The Morgan fingerprint density at radius 2 is 1.81 bits per heavy atom. The second-order valence-electron chi connectivity index (χ2n) is 3.55. The quantitative estimate of drug-likeness (QED) is 0.848. The predicted octanol–water partition coefficient (Wildman–Crippen LogP) is 2.31. The van der Waals surface area contributed by atoms with Crippen LogP contribution in [-0.2, 0) is 13.2 Å². The summed E-state index contributed by atoms with van der Waals surface area (Å²) >= 11 is 0. The number of hydrogen-bond donors (Lipinski definition) is 1. The van der Waals surface area contributed by atoms with E-state index >= 15 is 0 Å². The van der Waals surface area contributed by atoms with Crippen molar-refractivity contribution >= 4 is 0 Å². The number of aromatic nitrogens is 1. The maximum absolute atomic E-state index is 13.3. The molecule has 16 heavy (non-hydrogen) atoms. The highest BCUT2D eigenvalue weighted by atomic mass is 19.1. The van der Waals surface area contributed by atoms with E-state index in [1.165, 1.54) is 18.2 Å². The molecule has 0 saturated heterocycles. The van der Waals surface area contributed by atoms with Crippen LogP contribution in [0.4, 0.5) is 8.78 Å².